The zero-order valence-corrected chi connectivity index (χ0v) is 12.7. The van der Waals surface area contributed by atoms with Crippen molar-refractivity contribution in [2.45, 2.75) is 32.7 Å². The minimum atomic E-state index is -1.14. The van der Waals surface area contributed by atoms with Crippen molar-refractivity contribution in [3.63, 3.8) is 0 Å². The molecular weight excluding hydrogens is 280 g/mol. The average Bonchev–Trinajstić information content (AvgIpc) is 3.03. The van der Waals surface area contributed by atoms with Crippen molar-refractivity contribution in [1.82, 2.24) is 0 Å². The first-order chi connectivity index (χ1) is 10.6. The zero-order chi connectivity index (χ0) is 16.0. The van der Waals surface area contributed by atoms with Crippen LogP contribution in [-0.4, -0.2) is 17.9 Å². The molecule has 0 unspecified atom stereocenters. The number of carbonyl (C=O) groups is 1. The van der Waals surface area contributed by atoms with Gasteiger partial charge in [-0.25, -0.2) is 4.79 Å². The van der Waals surface area contributed by atoms with Crippen molar-refractivity contribution in [3.8, 4) is 23.7 Å². The number of esters is 1. The molecule has 2 heterocycles. The van der Waals surface area contributed by atoms with E-state index in [9.17, 15) is 4.79 Å². The molecule has 0 aromatic heterocycles. The molecule has 0 aliphatic carbocycles. The van der Waals surface area contributed by atoms with E-state index in [0.717, 1.165) is 5.57 Å². The van der Waals surface area contributed by atoms with Gasteiger partial charge in [0, 0.05) is 18.2 Å². The third-order valence-electron chi connectivity index (χ3n) is 2.78. The molecule has 0 radical (unpaired) electrons. The van der Waals surface area contributed by atoms with Gasteiger partial charge in [0.25, 0.3) is 0 Å². The molecule has 0 aromatic rings. The lowest BCUT2D eigenvalue weighted by Crippen LogP contribution is -2.40. The number of allylic oxidation sites excluding steroid dienone is 3. The summed E-state index contributed by atoms with van der Waals surface area (Å²) in [7, 11) is 0. The Bertz CT molecular complexity index is 697. The van der Waals surface area contributed by atoms with E-state index in [1.165, 1.54) is 12.3 Å². The van der Waals surface area contributed by atoms with Gasteiger partial charge in [0.2, 0.25) is 6.10 Å². The van der Waals surface area contributed by atoms with Crippen molar-refractivity contribution in [2.24, 2.45) is 0 Å². The highest BCUT2D eigenvalue weighted by Gasteiger charge is 2.48. The molecule has 0 fully saturated rings. The Kier molecular flexibility index (Phi) is 4.76. The molecule has 2 atom stereocenters. The summed E-state index contributed by atoms with van der Waals surface area (Å²) in [5.41, 5.74) is 0.859. The smallest absolute Gasteiger partial charge is 0.331 e. The second-order valence-corrected chi connectivity index (χ2v) is 4.87. The predicted octanol–water partition coefficient (Wildman–Crippen LogP) is 2.60. The van der Waals surface area contributed by atoms with Crippen LogP contribution >= 0.6 is 0 Å². The monoisotopic (exact) mass is 296 g/mol. The molecule has 0 saturated heterocycles. The fraction of sp³-hybridized carbons (Fsp3) is 0.278. The summed E-state index contributed by atoms with van der Waals surface area (Å²) in [4.78, 5) is 11.8. The molecule has 0 saturated carbocycles. The first-order valence-electron chi connectivity index (χ1n) is 6.76. The normalized spacial score (nSPS) is 25.6. The van der Waals surface area contributed by atoms with Gasteiger partial charge in [-0.05, 0) is 44.8 Å². The number of hydrogen-bond donors (Lipinski definition) is 0. The van der Waals surface area contributed by atoms with Gasteiger partial charge in [-0.1, -0.05) is 17.4 Å². The number of carbonyl (C=O) groups excluding carboxylic acids is 1. The summed E-state index contributed by atoms with van der Waals surface area (Å²) in [6, 6.07) is 0. The highest BCUT2D eigenvalue weighted by atomic mass is 16.7. The molecule has 22 heavy (non-hydrogen) atoms. The van der Waals surface area contributed by atoms with Crippen LogP contribution in [0.5, 0.6) is 0 Å². The van der Waals surface area contributed by atoms with Gasteiger partial charge in [-0.3, -0.25) is 0 Å². The van der Waals surface area contributed by atoms with Crippen molar-refractivity contribution >= 4 is 5.97 Å². The summed E-state index contributed by atoms with van der Waals surface area (Å²) in [5.74, 6) is 9.67. The van der Waals surface area contributed by atoms with Crippen molar-refractivity contribution in [1.29, 1.82) is 0 Å². The lowest BCUT2D eigenvalue weighted by Gasteiger charge is -2.27. The molecule has 112 valence electrons. The Labute approximate surface area is 130 Å². The molecular formula is C18H16O4. The topological polar surface area (TPSA) is 44.8 Å². The van der Waals surface area contributed by atoms with E-state index < -0.39 is 17.9 Å². The zero-order valence-electron chi connectivity index (χ0n) is 12.7. The van der Waals surface area contributed by atoms with Gasteiger partial charge < -0.3 is 14.2 Å². The Morgan fingerprint density at radius 2 is 2.23 bits per heavy atom. The fourth-order valence-electron chi connectivity index (χ4n) is 1.88. The van der Waals surface area contributed by atoms with Crippen LogP contribution in [0, 0.1) is 23.7 Å². The van der Waals surface area contributed by atoms with Crippen LogP contribution in [0.25, 0.3) is 0 Å². The minimum Gasteiger partial charge on any atom is -0.453 e. The lowest BCUT2D eigenvalue weighted by molar-refractivity contribution is -0.187. The summed E-state index contributed by atoms with van der Waals surface area (Å²) in [6.07, 6.45) is 8.88. The third kappa shape index (κ3) is 3.62. The molecule has 2 aliphatic rings. The number of ether oxygens (including phenoxy) is 3. The Hall–Kier alpha value is -2.85. The van der Waals surface area contributed by atoms with Gasteiger partial charge in [0.15, 0.2) is 0 Å². The number of rotatable bonds is 2. The molecule has 4 heteroatoms. The summed E-state index contributed by atoms with van der Waals surface area (Å²) >= 11 is 0. The molecule has 0 aromatic carbocycles. The van der Waals surface area contributed by atoms with Crippen LogP contribution in [0.4, 0.5) is 0 Å². The van der Waals surface area contributed by atoms with Crippen molar-refractivity contribution in [3.05, 3.63) is 48.0 Å². The van der Waals surface area contributed by atoms with Crippen molar-refractivity contribution in [2.75, 3.05) is 0 Å². The molecule has 2 rings (SSSR count). The SMILES string of the molecule is CC#CC#C/C=C1/C=C[C@@]2(OC=C[C@@H]2OC(=O)C=C(C)C)O1. The maximum absolute atomic E-state index is 11.8. The summed E-state index contributed by atoms with van der Waals surface area (Å²) in [6.45, 7) is 5.36. The lowest BCUT2D eigenvalue weighted by atomic mass is 10.1. The van der Waals surface area contributed by atoms with E-state index in [4.69, 9.17) is 14.2 Å². The third-order valence-corrected chi connectivity index (χ3v) is 2.78. The van der Waals surface area contributed by atoms with E-state index in [1.54, 1.807) is 31.2 Å². The second-order valence-electron chi connectivity index (χ2n) is 4.87. The van der Waals surface area contributed by atoms with Crippen LogP contribution in [0.3, 0.4) is 0 Å². The van der Waals surface area contributed by atoms with E-state index in [2.05, 4.69) is 23.7 Å². The number of hydrogen-bond acceptors (Lipinski definition) is 4. The van der Waals surface area contributed by atoms with Crippen LogP contribution in [0.2, 0.25) is 0 Å². The van der Waals surface area contributed by atoms with Gasteiger partial charge >= 0.3 is 11.8 Å². The Balaban J connectivity index is 2.07. The average molecular weight is 296 g/mol. The Morgan fingerprint density at radius 3 is 2.95 bits per heavy atom. The summed E-state index contributed by atoms with van der Waals surface area (Å²) in [5, 5.41) is 0. The van der Waals surface area contributed by atoms with Gasteiger partial charge in [-0.2, -0.15) is 0 Å². The molecule has 1 spiro atoms. The maximum atomic E-state index is 11.8. The van der Waals surface area contributed by atoms with E-state index in [-0.39, 0.29) is 0 Å². The largest absolute Gasteiger partial charge is 0.453 e. The predicted molar refractivity (Wildman–Crippen MR) is 81.8 cm³/mol. The van der Waals surface area contributed by atoms with Gasteiger partial charge in [-0.15, -0.1) is 0 Å². The van der Waals surface area contributed by atoms with Crippen molar-refractivity contribution < 1.29 is 19.0 Å². The van der Waals surface area contributed by atoms with Crippen LogP contribution in [0.15, 0.2) is 48.0 Å². The van der Waals surface area contributed by atoms with Gasteiger partial charge in [0.1, 0.15) is 5.76 Å². The highest BCUT2D eigenvalue weighted by Crippen LogP contribution is 2.36. The molecule has 4 nitrogen and oxygen atoms in total. The Morgan fingerprint density at radius 1 is 1.41 bits per heavy atom. The van der Waals surface area contributed by atoms with Crippen LogP contribution in [0.1, 0.15) is 20.8 Å². The quantitative estimate of drug-likeness (QED) is 0.446. The second kappa shape index (κ2) is 6.74. The maximum Gasteiger partial charge on any atom is 0.331 e. The fourth-order valence-corrected chi connectivity index (χ4v) is 1.88. The molecule has 0 N–H and O–H groups in total. The van der Waals surface area contributed by atoms with Gasteiger partial charge in [0.05, 0.1) is 6.26 Å². The standard InChI is InChI=1S/C18H16O4/c1-4-5-6-7-8-15-9-11-18(22-15)16(10-12-20-18)21-17(19)13-14(2)3/h8-13,16H,1-3H3/b15-8-/t16-,18+/m0/s1. The van der Waals surface area contributed by atoms with E-state index >= 15 is 0 Å². The summed E-state index contributed by atoms with van der Waals surface area (Å²) < 4.78 is 16.6. The first kappa shape index (κ1) is 15.5. The van der Waals surface area contributed by atoms with Crippen LogP contribution < -0.4 is 0 Å². The minimum absolute atomic E-state index is 0.438. The van der Waals surface area contributed by atoms with E-state index in [1.807, 2.05) is 13.8 Å². The van der Waals surface area contributed by atoms with Crippen LogP contribution in [-0.2, 0) is 19.0 Å². The highest BCUT2D eigenvalue weighted by molar-refractivity contribution is 5.83. The molecule has 2 aliphatic heterocycles. The molecule has 0 bridgehead atoms. The molecule has 0 amide bonds. The van der Waals surface area contributed by atoms with E-state index in [0.29, 0.717) is 5.76 Å². The first-order valence-corrected chi connectivity index (χ1v) is 6.76.